The highest BCUT2D eigenvalue weighted by Gasteiger charge is 2.43. The second-order valence-corrected chi connectivity index (χ2v) is 6.39. The summed E-state index contributed by atoms with van der Waals surface area (Å²) in [6, 6.07) is 8.27. The summed E-state index contributed by atoms with van der Waals surface area (Å²) in [6.07, 6.45) is 3.41. The van der Waals surface area contributed by atoms with Crippen molar-refractivity contribution in [3.8, 4) is 5.75 Å². The summed E-state index contributed by atoms with van der Waals surface area (Å²) in [5.74, 6) is 0.985. The first-order chi connectivity index (χ1) is 10.7. The van der Waals surface area contributed by atoms with Crippen molar-refractivity contribution in [2.24, 2.45) is 0 Å². The summed E-state index contributed by atoms with van der Waals surface area (Å²) >= 11 is 0. The summed E-state index contributed by atoms with van der Waals surface area (Å²) in [7, 11) is 0. The average molecular weight is 305 g/mol. The monoisotopic (exact) mass is 305 g/mol. The van der Waals surface area contributed by atoms with Crippen molar-refractivity contribution in [3.05, 3.63) is 29.8 Å². The SMILES string of the molecule is CCOc1ccccc1CN1CCC2(CC1)OCCCC2O. The van der Waals surface area contributed by atoms with Gasteiger partial charge < -0.3 is 14.6 Å². The molecule has 3 rings (SSSR count). The van der Waals surface area contributed by atoms with E-state index >= 15 is 0 Å². The Balaban J connectivity index is 1.60. The van der Waals surface area contributed by atoms with E-state index in [1.165, 1.54) is 5.56 Å². The van der Waals surface area contributed by atoms with Crippen LogP contribution in [0.3, 0.4) is 0 Å². The molecule has 2 aliphatic heterocycles. The van der Waals surface area contributed by atoms with Gasteiger partial charge in [0.2, 0.25) is 0 Å². The molecule has 2 fully saturated rings. The molecule has 0 aromatic heterocycles. The van der Waals surface area contributed by atoms with Crippen LogP contribution in [0.1, 0.15) is 38.2 Å². The topological polar surface area (TPSA) is 41.9 Å². The summed E-state index contributed by atoms with van der Waals surface area (Å²) < 4.78 is 11.7. The van der Waals surface area contributed by atoms with Gasteiger partial charge in [0, 0.05) is 31.8 Å². The molecule has 1 aromatic rings. The Hall–Kier alpha value is -1.10. The predicted octanol–water partition coefficient (Wildman–Crippen LogP) is 2.59. The molecule has 0 bridgehead atoms. The van der Waals surface area contributed by atoms with Gasteiger partial charge in [-0.25, -0.2) is 0 Å². The Morgan fingerprint density at radius 3 is 2.82 bits per heavy atom. The Labute approximate surface area is 133 Å². The highest BCUT2D eigenvalue weighted by atomic mass is 16.5. The van der Waals surface area contributed by atoms with E-state index in [-0.39, 0.29) is 11.7 Å². The quantitative estimate of drug-likeness (QED) is 0.928. The molecule has 4 nitrogen and oxygen atoms in total. The number of rotatable bonds is 4. The minimum Gasteiger partial charge on any atom is -0.494 e. The van der Waals surface area contributed by atoms with Crippen LogP contribution in [0.5, 0.6) is 5.75 Å². The predicted molar refractivity (Wildman–Crippen MR) is 86.0 cm³/mol. The van der Waals surface area contributed by atoms with Crippen molar-refractivity contribution in [1.29, 1.82) is 0 Å². The van der Waals surface area contributed by atoms with E-state index in [1.54, 1.807) is 0 Å². The van der Waals surface area contributed by atoms with Crippen LogP contribution < -0.4 is 4.74 Å². The molecule has 0 radical (unpaired) electrons. The van der Waals surface area contributed by atoms with E-state index < -0.39 is 0 Å². The molecule has 2 heterocycles. The van der Waals surface area contributed by atoms with Crippen LogP contribution in [0.25, 0.3) is 0 Å². The molecule has 122 valence electrons. The van der Waals surface area contributed by atoms with Crippen molar-refractivity contribution in [3.63, 3.8) is 0 Å². The lowest BCUT2D eigenvalue weighted by Gasteiger charge is -2.46. The normalized spacial score (nSPS) is 25.3. The van der Waals surface area contributed by atoms with Gasteiger partial charge in [-0.15, -0.1) is 0 Å². The van der Waals surface area contributed by atoms with Crippen LogP contribution in [-0.4, -0.2) is 48.0 Å². The maximum atomic E-state index is 10.3. The van der Waals surface area contributed by atoms with Crippen LogP contribution in [0, 0.1) is 0 Å². The lowest BCUT2D eigenvalue weighted by Crippen LogP contribution is -2.55. The van der Waals surface area contributed by atoms with E-state index in [9.17, 15) is 5.11 Å². The largest absolute Gasteiger partial charge is 0.494 e. The lowest BCUT2D eigenvalue weighted by atomic mass is 9.82. The molecule has 0 saturated carbocycles. The number of aliphatic hydroxyl groups excluding tert-OH is 1. The zero-order valence-corrected chi connectivity index (χ0v) is 13.5. The standard InChI is InChI=1S/C18H27NO3/c1-2-21-16-7-4-3-6-15(16)14-19-11-9-18(10-12-19)17(20)8-5-13-22-18/h3-4,6-7,17,20H,2,5,8-14H2,1H3. The second-order valence-electron chi connectivity index (χ2n) is 6.39. The fourth-order valence-electron chi connectivity index (χ4n) is 3.65. The van der Waals surface area contributed by atoms with Gasteiger partial charge in [-0.2, -0.15) is 0 Å². The minimum absolute atomic E-state index is 0.284. The summed E-state index contributed by atoms with van der Waals surface area (Å²) in [5.41, 5.74) is 0.958. The Morgan fingerprint density at radius 1 is 1.32 bits per heavy atom. The van der Waals surface area contributed by atoms with Crippen LogP contribution in [0.2, 0.25) is 0 Å². The third-order valence-electron chi connectivity index (χ3n) is 4.99. The van der Waals surface area contributed by atoms with Gasteiger partial charge in [0.25, 0.3) is 0 Å². The number of aliphatic hydroxyl groups is 1. The third kappa shape index (κ3) is 3.29. The molecule has 2 aliphatic rings. The Bertz CT molecular complexity index is 483. The molecule has 1 unspecified atom stereocenters. The van der Waals surface area contributed by atoms with Crippen LogP contribution >= 0.6 is 0 Å². The fourth-order valence-corrected chi connectivity index (χ4v) is 3.65. The molecule has 1 spiro atoms. The van der Waals surface area contributed by atoms with Gasteiger partial charge in [-0.1, -0.05) is 18.2 Å². The van der Waals surface area contributed by atoms with Crippen molar-refractivity contribution < 1.29 is 14.6 Å². The van der Waals surface area contributed by atoms with E-state index in [4.69, 9.17) is 9.47 Å². The van der Waals surface area contributed by atoms with E-state index in [0.717, 1.165) is 57.7 Å². The second kappa shape index (κ2) is 6.99. The molecule has 1 atom stereocenters. The summed E-state index contributed by atoms with van der Waals surface area (Å²) in [6.45, 7) is 6.35. The Morgan fingerprint density at radius 2 is 2.09 bits per heavy atom. The molecule has 1 N–H and O–H groups in total. The molecule has 1 aromatic carbocycles. The number of piperidine rings is 1. The van der Waals surface area contributed by atoms with Crippen molar-refractivity contribution >= 4 is 0 Å². The number of benzene rings is 1. The smallest absolute Gasteiger partial charge is 0.123 e. The minimum atomic E-state index is -0.292. The van der Waals surface area contributed by atoms with Gasteiger partial charge >= 0.3 is 0 Å². The van der Waals surface area contributed by atoms with Gasteiger partial charge in [0.15, 0.2) is 0 Å². The molecular formula is C18H27NO3. The van der Waals surface area contributed by atoms with Gasteiger partial charge in [0.1, 0.15) is 5.75 Å². The van der Waals surface area contributed by atoms with Crippen LogP contribution in [0.15, 0.2) is 24.3 Å². The van der Waals surface area contributed by atoms with Gasteiger partial charge in [0.05, 0.1) is 18.3 Å². The number of hydrogen-bond donors (Lipinski definition) is 1. The van der Waals surface area contributed by atoms with Gasteiger partial charge in [-0.3, -0.25) is 4.90 Å². The van der Waals surface area contributed by atoms with E-state index in [0.29, 0.717) is 6.61 Å². The highest BCUT2D eigenvalue weighted by molar-refractivity contribution is 5.33. The van der Waals surface area contributed by atoms with Gasteiger partial charge in [-0.05, 0) is 38.7 Å². The summed E-state index contributed by atoms with van der Waals surface area (Å²) in [5, 5.41) is 10.3. The molecular weight excluding hydrogens is 278 g/mol. The van der Waals surface area contributed by atoms with Crippen molar-refractivity contribution in [2.75, 3.05) is 26.3 Å². The van der Waals surface area contributed by atoms with Crippen molar-refractivity contribution in [2.45, 2.75) is 50.9 Å². The zero-order valence-electron chi connectivity index (χ0n) is 13.5. The maximum absolute atomic E-state index is 10.3. The zero-order chi connectivity index (χ0) is 15.4. The summed E-state index contributed by atoms with van der Waals surface area (Å²) in [4.78, 5) is 2.44. The molecule has 4 heteroatoms. The van der Waals surface area contributed by atoms with Crippen LogP contribution in [-0.2, 0) is 11.3 Å². The first-order valence-corrected chi connectivity index (χ1v) is 8.48. The first-order valence-electron chi connectivity index (χ1n) is 8.48. The molecule has 0 amide bonds. The maximum Gasteiger partial charge on any atom is 0.123 e. The average Bonchev–Trinajstić information content (AvgIpc) is 2.55. The third-order valence-corrected chi connectivity index (χ3v) is 4.99. The molecule has 2 saturated heterocycles. The number of ether oxygens (including phenoxy) is 2. The van der Waals surface area contributed by atoms with Crippen LogP contribution in [0.4, 0.5) is 0 Å². The fraction of sp³-hybridized carbons (Fsp3) is 0.667. The van der Waals surface area contributed by atoms with Crippen molar-refractivity contribution in [1.82, 2.24) is 4.90 Å². The Kier molecular flexibility index (Phi) is 5.01. The molecule has 0 aliphatic carbocycles. The molecule has 22 heavy (non-hydrogen) atoms. The number of para-hydroxylation sites is 1. The number of likely N-dealkylation sites (tertiary alicyclic amines) is 1. The number of hydrogen-bond acceptors (Lipinski definition) is 4. The highest BCUT2D eigenvalue weighted by Crippen LogP contribution is 2.35. The van der Waals surface area contributed by atoms with E-state index in [2.05, 4.69) is 17.0 Å². The first kappa shape index (κ1) is 15.8. The number of nitrogens with zero attached hydrogens (tertiary/aromatic N) is 1. The lowest BCUT2D eigenvalue weighted by molar-refractivity contribution is -0.177. The van der Waals surface area contributed by atoms with E-state index in [1.807, 2.05) is 19.1 Å².